The maximum atomic E-state index is 2.48. The molecule has 0 aromatic heterocycles. The van der Waals surface area contributed by atoms with Crippen molar-refractivity contribution in [1.82, 2.24) is 14.7 Å². The van der Waals surface area contributed by atoms with Crippen molar-refractivity contribution in [3.63, 3.8) is 0 Å². The average molecular weight is 314 g/mol. The molecule has 4 heterocycles. The van der Waals surface area contributed by atoms with Crippen LogP contribution in [0.5, 0.6) is 0 Å². The topological polar surface area (TPSA) is 9.72 Å². The van der Waals surface area contributed by atoms with Crippen LogP contribution in [0, 0.1) is 5.92 Å². The largest absolute Gasteiger partial charge is 0.306 e. The van der Waals surface area contributed by atoms with Gasteiger partial charge in [0, 0.05) is 12.6 Å². The van der Waals surface area contributed by atoms with Crippen molar-refractivity contribution in [3.8, 4) is 0 Å². The summed E-state index contributed by atoms with van der Waals surface area (Å²) in [6.07, 6.45) is 10.1. The van der Waals surface area contributed by atoms with Gasteiger partial charge in [-0.05, 0) is 91.8 Å². The van der Waals surface area contributed by atoms with Crippen LogP contribution < -0.4 is 0 Å². The monoisotopic (exact) mass is 313 g/mol. The van der Waals surface area contributed by atoms with E-state index in [1.54, 1.807) is 0 Å². The van der Waals surface area contributed by atoms with Gasteiger partial charge in [-0.1, -0.05) is 21.3 Å². The average Bonchev–Trinajstić information content (AvgIpc) is 3.07. The highest BCUT2D eigenvalue weighted by Crippen LogP contribution is 2.38. The minimum atomic E-state index is 0. The van der Waals surface area contributed by atoms with Crippen molar-refractivity contribution >= 4 is 0 Å². The predicted molar refractivity (Wildman–Crippen MR) is 101 cm³/mol. The molecule has 22 heavy (non-hydrogen) atoms. The molecule has 0 aromatic carbocycles. The van der Waals surface area contributed by atoms with Crippen LogP contribution in [0.25, 0.3) is 0 Å². The molecular weight excluding hydrogens is 270 g/mol. The van der Waals surface area contributed by atoms with Crippen LogP contribution in [0.15, 0.2) is 0 Å². The Morgan fingerprint density at radius 2 is 1.05 bits per heavy atom. The normalized spacial score (nSPS) is 30.7. The highest BCUT2D eigenvalue weighted by atomic mass is 15.2. The molecule has 3 nitrogen and oxygen atoms in total. The Labute approximate surface area is 141 Å². The molecule has 1 aliphatic carbocycles. The van der Waals surface area contributed by atoms with Gasteiger partial charge in [0.15, 0.2) is 0 Å². The molecule has 134 valence electrons. The second-order valence-electron chi connectivity index (χ2n) is 7.31. The lowest BCUT2D eigenvalue weighted by molar-refractivity contribution is 0.277. The molecule has 0 spiro atoms. The molecule has 2 bridgehead atoms. The van der Waals surface area contributed by atoms with Gasteiger partial charge >= 0.3 is 0 Å². The number of hydrogen-bond acceptors (Lipinski definition) is 3. The predicted octanol–water partition coefficient (Wildman–Crippen LogP) is 3.80. The molecule has 3 heteroatoms. The van der Waals surface area contributed by atoms with Gasteiger partial charge in [0.25, 0.3) is 0 Å². The second-order valence-corrected chi connectivity index (χ2v) is 7.31. The van der Waals surface area contributed by atoms with Gasteiger partial charge in [-0.15, -0.1) is 0 Å². The molecule has 0 radical (unpaired) electrons. The lowest BCUT2D eigenvalue weighted by atomic mass is 9.86. The smallest absolute Gasteiger partial charge is 0.00985 e. The highest BCUT2D eigenvalue weighted by molar-refractivity contribution is 4.94. The summed E-state index contributed by atoms with van der Waals surface area (Å²) in [5, 5.41) is 0. The fourth-order valence-corrected chi connectivity index (χ4v) is 3.69. The first kappa shape index (κ1) is 21.9. The molecule has 0 aromatic rings. The highest BCUT2D eigenvalue weighted by Gasteiger charge is 2.39. The molecule has 4 saturated heterocycles. The number of fused-ring (bicyclic) bond motifs is 1. The molecule has 5 fully saturated rings. The van der Waals surface area contributed by atoms with Gasteiger partial charge < -0.3 is 14.7 Å². The number of nitrogens with zero attached hydrogens (tertiary/aromatic N) is 3. The minimum Gasteiger partial charge on any atom is -0.306 e. The van der Waals surface area contributed by atoms with E-state index in [4.69, 9.17) is 0 Å². The van der Waals surface area contributed by atoms with E-state index in [-0.39, 0.29) is 14.9 Å². The Hall–Kier alpha value is -0.120. The molecule has 4 aliphatic heterocycles. The first-order valence-electron chi connectivity index (χ1n) is 8.72. The van der Waals surface area contributed by atoms with Crippen molar-refractivity contribution in [2.24, 2.45) is 5.92 Å². The van der Waals surface area contributed by atoms with Crippen molar-refractivity contribution in [2.75, 3.05) is 53.9 Å². The van der Waals surface area contributed by atoms with Crippen molar-refractivity contribution in [3.05, 3.63) is 0 Å². The van der Waals surface area contributed by atoms with Crippen molar-refractivity contribution < 1.29 is 0 Å². The molecular formula is C19H43N3. The lowest BCUT2D eigenvalue weighted by Gasteiger charge is -2.23. The first-order valence-corrected chi connectivity index (χ1v) is 8.72. The van der Waals surface area contributed by atoms with Crippen LogP contribution in [-0.4, -0.2) is 74.6 Å². The van der Waals surface area contributed by atoms with Gasteiger partial charge in [-0.2, -0.15) is 0 Å². The molecule has 0 unspecified atom stereocenters. The summed E-state index contributed by atoms with van der Waals surface area (Å²) in [6, 6.07) is 0.991. The van der Waals surface area contributed by atoms with Crippen LogP contribution in [0.4, 0.5) is 0 Å². The minimum absolute atomic E-state index is 0. The van der Waals surface area contributed by atoms with Crippen molar-refractivity contribution in [2.45, 2.75) is 65.8 Å². The van der Waals surface area contributed by atoms with E-state index in [1.165, 1.54) is 77.7 Å². The van der Waals surface area contributed by atoms with E-state index in [9.17, 15) is 0 Å². The third-order valence-corrected chi connectivity index (χ3v) is 5.29. The molecule has 5 rings (SSSR count). The number of hydrogen-bond donors (Lipinski definition) is 0. The Bertz CT molecular complexity index is 249. The van der Waals surface area contributed by atoms with Gasteiger partial charge in [0.05, 0.1) is 0 Å². The molecule has 5 aliphatic rings. The van der Waals surface area contributed by atoms with E-state index in [0.29, 0.717) is 0 Å². The summed E-state index contributed by atoms with van der Waals surface area (Å²) in [4.78, 5) is 7.23. The van der Waals surface area contributed by atoms with E-state index in [0.717, 1.165) is 12.0 Å². The summed E-state index contributed by atoms with van der Waals surface area (Å²) >= 11 is 0. The summed E-state index contributed by atoms with van der Waals surface area (Å²) in [6.45, 7) is 6.66. The summed E-state index contributed by atoms with van der Waals surface area (Å²) in [5.41, 5.74) is 0. The van der Waals surface area contributed by atoms with E-state index in [1.807, 2.05) is 0 Å². The summed E-state index contributed by atoms with van der Waals surface area (Å²) in [7, 11) is 6.60. The van der Waals surface area contributed by atoms with E-state index in [2.05, 4.69) is 35.8 Å². The van der Waals surface area contributed by atoms with Gasteiger partial charge in [0.2, 0.25) is 0 Å². The second kappa shape index (κ2) is 11.4. The number of rotatable bonds is 0. The Morgan fingerprint density at radius 3 is 1.18 bits per heavy atom. The van der Waals surface area contributed by atoms with Gasteiger partial charge in [0.1, 0.15) is 0 Å². The zero-order chi connectivity index (χ0) is 14.4. The zero-order valence-electron chi connectivity index (χ0n) is 14.0. The van der Waals surface area contributed by atoms with Crippen molar-refractivity contribution in [1.29, 1.82) is 0 Å². The maximum Gasteiger partial charge on any atom is 0.00985 e. The maximum absolute atomic E-state index is 2.48. The van der Waals surface area contributed by atoms with Crippen LogP contribution in [0.1, 0.15) is 59.8 Å². The molecule has 0 N–H and O–H groups in total. The van der Waals surface area contributed by atoms with E-state index >= 15 is 0 Å². The third-order valence-electron chi connectivity index (χ3n) is 5.29. The van der Waals surface area contributed by atoms with Gasteiger partial charge in [-0.3, -0.25) is 0 Å². The van der Waals surface area contributed by atoms with Gasteiger partial charge in [-0.25, -0.2) is 0 Å². The van der Waals surface area contributed by atoms with E-state index < -0.39 is 0 Å². The van der Waals surface area contributed by atoms with Crippen LogP contribution >= 0.6 is 0 Å². The lowest BCUT2D eigenvalue weighted by Crippen LogP contribution is -2.25. The van der Waals surface area contributed by atoms with Crippen LogP contribution in [-0.2, 0) is 0 Å². The quantitative estimate of drug-likeness (QED) is 0.673. The Balaban J connectivity index is 0.000000289. The summed E-state index contributed by atoms with van der Waals surface area (Å²) < 4.78 is 0. The first-order chi connectivity index (χ1) is 9.65. The summed E-state index contributed by atoms with van der Waals surface area (Å²) in [5.74, 6) is 1.09. The standard InChI is InChI=1S/C6H11N.C6H13N.C5H11N.2CH4/c1-7-4-5-2-6(7)3-5;1-7-5-3-2-4-6-7;1-6-4-2-3-5-6;;/h5-6H,2-4H2,1H3;2-6H2,1H3;2-5H2,1H3;2*1H4. The number of likely N-dealkylation sites (tertiary alicyclic amines) is 2. The molecule has 0 atom stereocenters. The Morgan fingerprint density at radius 1 is 0.636 bits per heavy atom. The Kier molecular flexibility index (Phi) is 11.4. The van der Waals surface area contributed by atoms with Crippen LogP contribution in [0.3, 0.4) is 0 Å². The third kappa shape index (κ3) is 7.43. The van der Waals surface area contributed by atoms with Crippen LogP contribution in [0.2, 0.25) is 0 Å². The molecule has 1 saturated carbocycles. The number of piperidine rings is 1. The fourth-order valence-electron chi connectivity index (χ4n) is 3.69. The fraction of sp³-hybridized carbons (Fsp3) is 1.00. The molecule has 0 amide bonds. The SMILES string of the molecule is C.C.CN1CC2CC1C2.CN1CCCC1.CN1CCCCC1. The zero-order valence-corrected chi connectivity index (χ0v) is 14.0.